The number of nitrogens with zero attached hydrogens (tertiary/aromatic N) is 1. The van der Waals surface area contributed by atoms with Crippen LogP contribution >= 0.6 is 0 Å². The molecule has 0 unspecified atom stereocenters. The summed E-state index contributed by atoms with van der Waals surface area (Å²) in [5.41, 5.74) is 11.5. The van der Waals surface area contributed by atoms with E-state index in [-0.39, 0.29) is 37.0 Å². The third kappa shape index (κ3) is 8.65. The molecule has 2 aromatic carbocycles. The largest absolute Gasteiger partial charge is 0.490 e. The molecule has 0 aromatic heterocycles. The maximum atomic E-state index is 12.7. The highest BCUT2D eigenvalue weighted by Gasteiger charge is 2.26. The number of rotatable bonds is 12. The van der Waals surface area contributed by atoms with E-state index in [4.69, 9.17) is 20.9 Å². The fourth-order valence-corrected chi connectivity index (χ4v) is 3.84. The van der Waals surface area contributed by atoms with E-state index < -0.39 is 22.0 Å². The molecule has 0 aliphatic heterocycles. The number of aliphatic imine (C=N–C) groups is 1. The Morgan fingerprint density at radius 1 is 1.06 bits per heavy atom. The fourth-order valence-electron chi connectivity index (χ4n) is 2.62. The summed E-state index contributed by atoms with van der Waals surface area (Å²) in [5.74, 6) is -0.123. The van der Waals surface area contributed by atoms with E-state index in [9.17, 15) is 13.2 Å². The van der Waals surface area contributed by atoms with Gasteiger partial charge in [-0.25, -0.2) is 8.42 Å². The van der Waals surface area contributed by atoms with Gasteiger partial charge in [0.15, 0.2) is 5.96 Å². The van der Waals surface area contributed by atoms with Crippen molar-refractivity contribution in [1.82, 2.24) is 4.72 Å². The molecule has 0 amide bonds. The number of hydrogen-bond donors (Lipinski definition) is 3. The molecule has 0 saturated carbocycles. The van der Waals surface area contributed by atoms with Crippen molar-refractivity contribution < 1.29 is 22.7 Å². The van der Waals surface area contributed by atoms with Crippen molar-refractivity contribution in [2.45, 2.75) is 30.7 Å². The molecule has 0 spiro atoms. The number of carbonyl (C=O) groups is 1. The van der Waals surface area contributed by atoms with Crippen molar-refractivity contribution in [3.63, 3.8) is 0 Å². The summed E-state index contributed by atoms with van der Waals surface area (Å²) in [6.45, 7) is 2.23. The van der Waals surface area contributed by atoms with Gasteiger partial charge in [-0.2, -0.15) is 4.72 Å². The Morgan fingerprint density at radius 2 is 1.74 bits per heavy atom. The maximum Gasteiger partial charge on any atom is 0.324 e. The van der Waals surface area contributed by atoms with Crippen molar-refractivity contribution >= 4 is 22.0 Å². The number of carbonyl (C=O) groups excluding carboxylic acids is 1. The van der Waals surface area contributed by atoms with Crippen molar-refractivity contribution in [1.29, 1.82) is 0 Å². The number of nitrogens with one attached hydrogen (secondary N) is 1. The zero-order valence-corrected chi connectivity index (χ0v) is 18.2. The molecular weight excluding hydrogens is 420 g/mol. The monoisotopic (exact) mass is 448 g/mol. The zero-order chi connectivity index (χ0) is 22.7. The first-order valence-electron chi connectivity index (χ1n) is 9.77. The van der Waals surface area contributed by atoms with Gasteiger partial charge in [-0.1, -0.05) is 35.9 Å². The molecule has 168 valence electrons. The molecule has 2 rings (SSSR count). The molecule has 0 heterocycles. The Kier molecular flexibility index (Phi) is 9.29. The number of para-hydroxylation sites is 1. The summed E-state index contributed by atoms with van der Waals surface area (Å²) < 4.78 is 38.5. The molecule has 0 radical (unpaired) electrons. The molecule has 9 nitrogen and oxygen atoms in total. The minimum absolute atomic E-state index is 0.0234. The minimum atomic E-state index is -3.92. The summed E-state index contributed by atoms with van der Waals surface area (Å²) in [6, 6.07) is 14.3. The third-order valence-corrected chi connectivity index (χ3v) is 5.69. The summed E-state index contributed by atoms with van der Waals surface area (Å²) in [5, 5.41) is 0. The summed E-state index contributed by atoms with van der Waals surface area (Å²) in [7, 11) is -3.92. The minimum Gasteiger partial charge on any atom is -0.490 e. The SMILES string of the molecule is Cc1ccc(S(=O)(=O)N[C@H](CCCN=C(N)N)C(=O)OCCOc2ccccc2)cc1. The van der Waals surface area contributed by atoms with E-state index in [1.165, 1.54) is 12.1 Å². The van der Waals surface area contributed by atoms with E-state index in [1.54, 1.807) is 24.3 Å². The van der Waals surface area contributed by atoms with Crippen LogP contribution in [0.15, 0.2) is 64.5 Å². The number of sulfonamides is 1. The Morgan fingerprint density at radius 3 is 2.39 bits per heavy atom. The third-order valence-electron chi connectivity index (χ3n) is 4.20. The number of benzene rings is 2. The van der Waals surface area contributed by atoms with Crippen LogP contribution in [-0.2, 0) is 19.6 Å². The molecule has 5 N–H and O–H groups in total. The second-order valence-electron chi connectivity index (χ2n) is 6.76. The van der Waals surface area contributed by atoms with E-state index >= 15 is 0 Å². The molecule has 31 heavy (non-hydrogen) atoms. The van der Waals surface area contributed by atoms with Crippen molar-refractivity contribution in [2.75, 3.05) is 19.8 Å². The van der Waals surface area contributed by atoms with E-state index in [0.29, 0.717) is 12.2 Å². The van der Waals surface area contributed by atoms with Crippen LogP contribution in [0.1, 0.15) is 18.4 Å². The lowest BCUT2D eigenvalue weighted by atomic mass is 10.2. The molecule has 0 fully saturated rings. The van der Waals surface area contributed by atoms with Crippen LogP contribution in [-0.4, -0.2) is 46.1 Å². The predicted molar refractivity (Wildman–Crippen MR) is 118 cm³/mol. The van der Waals surface area contributed by atoms with Gasteiger partial charge in [0.25, 0.3) is 0 Å². The van der Waals surface area contributed by atoms with E-state index in [2.05, 4.69) is 9.71 Å². The van der Waals surface area contributed by atoms with Gasteiger partial charge in [-0.05, 0) is 44.0 Å². The second kappa shape index (κ2) is 11.9. The van der Waals surface area contributed by atoms with Gasteiger partial charge in [0.05, 0.1) is 4.90 Å². The van der Waals surface area contributed by atoms with Crippen LogP contribution in [0.4, 0.5) is 0 Å². The molecule has 0 saturated heterocycles. The van der Waals surface area contributed by atoms with Gasteiger partial charge >= 0.3 is 5.97 Å². The van der Waals surface area contributed by atoms with Gasteiger partial charge in [0.1, 0.15) is 25.0 Å². The van der Waals surface area contributed by atoms with Gasteiger partial charge < -0.3 is 20.9 Å². The molecule has 0 aliphatic carbocycles. The van der Waals surface area contributed by atoms with Crippen molar-refractivity contribution in [2.24, 2.45) is 16.5 Å². The lowest BCUT2D eigenvalue weighted by molar-refractivity contribution is -0.146. The highest BCUT2D eigenvalue weighted by Crippen LogP contribution is 2.13. The van der Waals surface area contributed by atoms with Gasteiger partial charge in [0.2, 0.25) is 10.0 Å². The number of esters is 1. The molecule has 10 heteroatoms. The fraction of sp³-hybridized carbons (Fsp3) is 0.333. The standard InChI is InChI=1S/C21H28N4O5S/c1-16-9-11-18(12-10-16)31(27,28)25-19(8-5-13-24-21(22)23)20(26)30-15-14-29-17-6-3-2-4-7-17/h2-4,6-7,9-12,19,25H,5,8,13-15H2,1H3,(H4,22,23,24)/t19-/m1/s1. The smallest absolute Gasteiger partial charge is 0.324 e. The number of nitrogens with two attached hydrogens (primary N) is 2. The van der Waals surface area contributed by atoms with E-state index in [0.717, 1.165) is 5.56 Å². The first kappa shape index (κ1) is 24.2. The molecule has 0 aliphatic rings. The highest BCUT2D eigenvalue weighted by molar-refractivity contribution is 7.89. The summed E-state index contributed by atoms with van der Waals surface area (Å²) >= 11 is 0. The van der Waals surface area contributed by atoms with Crippen LogP contribution in [0, 0.1) is 6.92 Å². The van der Waals surface area contributed by atoms with Crippen molar-refractivity contribution in [3.05, 3.63) is 60.2 Å². The Hall–Kier alpha value is -3.11. The highest BCUT2D eigenvalue weighted by atomic mass is 32.2. The first-order chi connectivity index (χ1) is 14.8. The number of guanidine groups is 1. The normalized spacial score (nSPS) is 12.0. The predicted octanol–water partition coefficient (Wildman–Crippen LogP) is 1.32. The van der Waals surface area contributed by atoms with E-state index in [1.807, 2.05) is 25.1 Å². The van der Waals surface area contributed by atoms with Crippen LogP contribution in [0.5, 0.6) is 5.75 Å². The number of aryl methyl sites for hydroxylation is 1. The lowest BCUT2D eigenvalue weighted by Gasteiger charge is -2.18. The van der Waals surface area contributed by atoms with Crippen LogP contribution < -0.4 is 20.9 Å². The molecular formula is C21H28N4O5S. The Balaban J connectivity index is 1.98. The van der Waals surface area contributed by atoms with Crippen LogP contribution in [0.25, 0.3) is 0 Å². The average Bonchev–Trinajstić information content (AvgIpc) is 2.74. The topological polar surface area (TPSA) is 146 Å². The van der Waals surface area contributed by atoms with Crippen LogP contribution in [0.2, 0.25) is 0 Å². The summed E-state index contributed by atoms with van der Waals surface area (Å²) in [4.78, 5) is 16.5. The number of hydrogen-bond acceptors (Lipinski definition) is 6. The van der Waals surface area contributed by atoms with Gasteiger partial charge in [0, 0.05) is 6.54 Å². The Labute approximate surface area is 182 Å². The summed E-state index contributed by atoms with van der Waals surface area (Å²) in [6.07, 6.45) is 0.550. The quantitative estimate of drug-likeness (QED) is 0.192. The zero-order valence-electron chi connectivity index (χ0n) is 17.4. The van der Waals surface area contributed by atoms with Crippen LogP contribution in [0.3, 0.4) is 0 Å². The second-order valence-corrected chi connectivity index (χ2v) is 8.48. The molecule has 2 aromatic rings. The Bertz CT molecular complexity index is 959. The maximum absolute atomic E-state index is 12.7. The van der Waals surface area contributed by atoms with Gasteiger partial charge in [-0.3, -0.25) is 9.79 Å². The first-order valence-corrected chi connectivity index (χ1v) is 11.2. The number of ether oxygens (including phenoxy) is 2. The van der Waals surface area contributed by atoms with Gasteiger partial charge in [-0.15, -0.1) is 0 Å². The molecule has 0 bridgehead atoms. The average molecular weight is 449 g/mol. The van der Waals surface area contributed by atoms with Crippen molar-refractivity contribution in [3.8, 4) is 5.75 Å². The molecule has 1 atom stereocenters. The lowest BCUT2D eigenvalue weighted by Crippen LogP contribution is -2.42.